The van der Waals surface area contributed by atoms with Gasteiger partial charge in [-0.25, -0.2) is 4.98 Å². The van der Waals surface area contributed by atoms with E-state index < -0.39 is 0 Å². The van der Waals surface area contributed by atoms with E-state index in [0.717, 1.165) is 47.5 Å². The standard InChI is InChI=1S/C23H32N2OS/c26-22(23-14-18-11-19(15-23)13-20(12-18)16-23)25-8-4-17(5-9-25)6-10-27-21-3-1-2-7-24-21/h1-3,7,17-20H,4-6,8-16H2. The van der Waals surface area contributed by atoms with Crippen LogP contribution in [0.3, 0.4) is 0 Å². The summed E-state index contributed by atoms with van der Waals surface area (Å²) in [5.74, 6) is 5.05. The highest BCUT2D eigenvalue weighted by atomic mass is 32.2. The van der Waals surface area contributed by atoms with Crippen LogP contribution in [-0.2, 0) is 4.79 Å². The average Bonchev–Trinajstić information content (AvgIpc) is 2.68. The van der Waals surface area contributed by atoms with Gasteiger partial charge in [-0.05, 0) is 99.3 Å². The summed E-state index contributed by atoms with van der Waals surface area (Å²) in [4.78, 5) is 20.1. The van der Waals surface area contributed by atoms with Gasteiger partial charge in [-0.15, -0.1) is 11.8 Å². The Morgan fingerprint density at radius 3 is 2.33 bits per heavy atom. The first-order valence-electron chi connectivity index (χ1n) is 11.0. The summed E-state index contributed by atoms with van der Waals surface area (Å²) >= 11 is 1.87. The van der Waals surface area contributed by atoms with Crippen molar-refractivity contribution in [2.45, 2.75) is 62.8 Å². The van der Waals surface area contributed by atoms with Crippen LogP contribution in [-0.4, -0.2) is 34.6 Å². The zero-order chi connectivity index (χ0) is 18.3. The quantitative estimate of drug-likeness (QED) is 0.668. The van der Waals surface area contributed by atoms with Gasteiger partial charge in [-0.3, -0.25) is 4.79 Å². The van der Waals surface area contributed by atoms with Crippen molar-refractivity contribution in [2.24, 2.45) is 29.1 Å². The van der Waals surface area contributed by atoms with E-state index in [2.05, 4.69) is 22.0 Å². The lowest BCUT2D eigenvalue weighted by Crippen LogP contribution is -2.55. The van der Waals surface area contributed by atoms with Gasteiger partial charge in [0.2, 0.25) is 5.91 Å². The van der Waals surface area contributed by atoms with E-state index in [0.29, 0.717) is 5.91 Å². The minimum atomic E-state index is 0.0520. The van der Waals surface area contributed by atoms with Gasteiger partial charge >= 0.3 is 0 Å². The molecule has 0 radical (unpaired) electrons. The third-order valence-corrected chi connectivity index (χ3v) is 8.78. The van der Waals surface area contributed by atoms with Crippen LogP contribution in [0.4, 0.5) is 0 Å². The molecule has 4 heteroatoms. The molecular weight excluding hydrogens is 352 g/mol. The number of hydrogen-bond acceptors (Lipinski definition) is 3. The zero-order valence-electron chi connectivity index (χ0n) is 16.3. The molecule has 0 aromatic carbocycles. The third kappa shape index (κ3) is 3.66. The van der Waals surface area contributed by atoms with Crippen molar-refractivity contribution < 1.29 is 4.79 Å². The van der Waals surface area contributed by atoms with Crippen LogP contribution in [0.25, 0.3) is 0 Å². The molecule has 1 amide bonds. The number of thioether (sulfide) groups is 1. The number of amides is 1. The highest BCUT2D eigenvalue weighted by Gasteiger charge is 2.55. The number of hydrogen-bond donors (Lipinski definition) is 0. The molecule has 1 aromatic heterocycles. The van der Waals surface area contributed by atoms with Gasteiger partial charge in [0, 0.05) is 19.3 Å². The Morgan fingerprint density at radius 2 is 1.74 bits per heavy atom. The van der Waals surface area contributed by atoms with Crippen molar-refractivity contribution in [3.63, 3.8) is 0 Å². The SMILES string of the molecule is O=C(N1CCC(CCSc2ccccn2)CC1)C12CC3CC(CC(C3)C1)C2. The lowest BCUT2D eigenvalue weighted by Gasteiger charge is -2.57. The van der Waals surface area contributed by atoms with Gasteiger partial charge in [0.25, 0.3) is 0 Å². The van der Waals surface area contributed by atoms with Crippen molar-refractivity contribution in [1.29, 1.82) is 0 Å². The zero-order valence-corrected chi connectivity index (χ0v) is 17.1. The van der Waals surface area contributed by atoms with Crippen LogP contribution >= 0.6 is 11.8 Å². The summed E-state index contributed by atoms with van der Waals surface area (Å²) in [6.07, 6.45) is 13.4. The summed E-state index contributed by atoms with van der Waals surface area (Å²) in [5.41, 5.74) is 0.0520. The molecule has 4 saturated carbocycles. The largest absolute Gasteiger partial charge is 0.342 e. The highest BCUT2D eigenvalue weighted by molar-refractivity contribution is 7.99. The van der Waals surface area contributed by atoms with Gasteiger partial charge in [0.1, 0.15) is 0 Å². The van der Waals surface area contributed by atoms with E-state index in [9.17, 15) is 4.79 Å². The van der Waals surface area contributed by atoms with Crippen molar-refractivity contribution in [3.8, 4) is 0 Å². The van der Waals surface area contributed by atoms with Crippen LogP contribution in [0, 0.1) is 29.1 Å². The van der Waals surface area contributed by atoms with Crippen molar-refractivity contribution in [3.05, 3.63) is 24.4 Å². The normalized spacial score (nSPS) is 35.6. The van der Waals surface area contributed by atoms with Gasteiger partial charge in [-0.2, -0.15) is 0 Å². The van der Waals surface area contributed by atoms with Gasteiger partial charge in [-0.1, -0.05) is 6.07 Å². The Morgan fingerprint density at radius 1 is 1.07 bits per heavy atom. The second-order valence-electron chi connectivity index (χ2n) is 9.74. The molecule has 1 aliphatic heterocycles. The molecule has 146 valence electrons. The van der Waals surface area contributed by atoms with Crippen molar-refractivity contribution in [2.75, 3.05) is 18.8 Å². The highest BCUT2D eigenvalue weighted by Crippen LogP contribution is 2.60. The Bertz CT molecular complexity index is 633. The molecule has 3 nitrogen and oxygen atoms in total. The first-order chi connectivity index (χ1) is 13.2. The van der Waals surface area contributed by atoms with Gasteiger partial charge in [0.15, 0.2) is 0 Å². The predicted octanol–water partition coefficient (Wildman–Crippen LogP) is 5.02. The Hall–Kier alpha value is -1.03. The molecule has 1 saturated heterocycles. The summed E-state index contributed by atoms with van der Waals surface area (Å²) in [6, 6.07) is 6.13. The van der Waals surface area contributed by atoms with Crippen molar-refractivity contribution >= 4 is 17.7 Å². The average molecular weight is 385 g/mol. The molecule has 0 unspecified atom stereocenters. The number of likely N-dealkylation sites (tertiary alicyclic amines) is 1. The first kappa shape index (κ1) is 18.0. The van der Waals surface area contributed by atoms with Gasteiger partial charge in [0.05, 0.1) is 10.4 Å². The lowest BCUT2D eigenvalue weighted by molar-refractivity contribution is -0.159. The number of pyridine rings is 1. The Labute approximate surface area is 167 Å². The van der Waals surface area contributed by atoms with Gasteiger partial charge < -0.3 is 4.90 Å². The predicted molar refractivity (Wildman–Crippen MR) is 109 cm³/mol. The van der Waals surface area contributed by atoms with Crippen molar-refractivity contribution in [1.82, 2.24) is 9.88 Å². The van der Waals surface area contributed by atoms with E-state index in [1.807, 2.05) is 24.0 Å². The van der Waals surface area contributed by atoms with E-state index >= 15 is 0 Å². The Balaban J connectivity index is 1.11. The fourth-order valence-electron chi connectivity index (χ4n) is 6.90. The monoisotopic (exact) mass is 384 g/mol. The summed E-state index contributed by atoms with van der Waals surface area (Å²) in [5, 5.41) is 1.13. The van der Waals surface area contributed by atoms with Crippen LogP contribution in [0.5, 0.6) is 0 Å². The molecule has 4 bridgehead atoms. The molecular formula is C23H32N2OS. The molecule has 0 N–H and O–H groups in total. The van der Waals surface area contributed by atoms with E-state index in [-0.39, 0.29) is 5.41 Å². The topological polar surface area (TPSA) is 33.2 Å². The Kier molecular flexibility index (Phi) is 4.95. The number of piperidine rings is 1. The minimum absolute atomic E-state index is 0.0520. The van der Waals surface area contributed by atoms with Crippen LogP contribution in [0.2, 0.25) is 0 Å². The molecule has 6 rings (SSSR count). The fraction of sp³-hybridized carbons (Fsp3) is 0.739. The number of aromatic nitrogens is 1. The van der Waals surface area contributed by atoms with Crippen LogP contribution < -0.4 is 0 Å². The molecule has 5 aliphatic rings. The van der Waals surface area contributed by atoms with E-state index in [1.54, 1.807) is 0 Å². The molecule has 0 spiro atoms. The number of carbonyl (C=O) groups is 1. The fourth-order valence-corrected chi connectivity index (χ4v) is 7.87. The summed E-state index contributed by atoms with van der Waals surface area (Å²) in [6.45, 7) is 2.00. The molecule has 4 aliphatic carbocycles. The number of carbonyl (C=O) groups excluding carboxylic acids is 1. The maximum absolute atomic E-state index is 13.5. The third-order valence-electron chi connectivity index (χ3n) is 7.81. The molecule has 0 atom stereocenters. The second-order valence-corrected chi connectivity index (χ2v) is 10.9. The maximum Gasteiger partial charge on any atom is 0.228 e. The lowest BCUT2D eigenvalue weighted by atomic mass is 9.49. The molecule has 2 heterocycles. The minimum Gasteiger partial charge on any atom is -0.342 e. The summed E-state index contributed by atoms with van der Waals surface area (Å²) < 4.78 is 0. The van der Waals surface area contributed by atoms with E-state index in [4.69, 9.17) is 0 Å². The number of rotatable bonds is 5. The maximum atomic E-state index is 13.5. The van der Waals surface area contributed by atoms with Crippen LogP contribution in [0.1, 0.15) is 57.8 Å². The number of nitrogens with zero attached hydrogens (tertiary/aromatic N) is 2. The molecule has 27 heavy (non-hydrogen) atoms. The second kappa shape index (κ2) is 7.42. The van der Waals surface area contributed by atoms with Crippen LogP contribution in [0.15, 0.2) is 29.4 Å². The first-order valence-corrected chi connectivity index (χ1v) is 12.0. The summed E-state index contributed by atoms with van der Waals surface area (Å²) in [7, 11) is 0. The van der Waals surface area contributed by atoms with E-state index in [1.165, 1.54) is 57.8 Å². The molecule has 1 aromatic rings. The molecule has 5 fully saturated rings. The smallest absolute Gasteiger partial charge is 0.228 e.